The molecule has 1 aromatic heterocycles. The van der Waals surface area contributed by atoms with E-state index in [1.807, 2.05) is 24.3 Å². The van der Waals surface area contributed by atoms with E-state index in [1.54, 1.807) is 0 Å². The van der Waals surface area contributed by atoms with Gasteiger partial charge in [-0.3, -0.25) is 4.79 Å². The van der Waals surface area contributed by atoms with Crippen LogP contribution in [0.3, 0.4) is 0 Å². The summed E-state index contributed by atoms with van der Waals surface area (Å²) in [6.45, 7) is 4.33. The van der Waals surface area contributed by atoms with E-state index >= 15 is 0 Å². The van der Waals surface area contributed by atoms with Crippen LogP contribution in [0.4, 0.5) is 5.13 Å². The molecule has 6 nitrogen and oxygen atoms in total. The second kappa shape index (κ2) is 6.05. The van der Waals surface area contributed by atoms with Crippen molar-refractivity contribution < 1.29 is 9.53 Å². The van der Waals surface area contributed by atoms with Gasteiger partial charge in [0.15, 0.2) is 0 Å². The van der Waals surface area contributed by atoms with Gasteiger partial charge in [-0.1, -0.05) is 19.1 Å². The zero-order valence-electron chi connectivity index (χ0n) is 13.6. The third-order valence-corrected chi connectivity index (χ3v) is 5.56. The van der Waals surface area contributed by atoms with Crippen molar-refractivity contribution in [2.75, 3.05) is 24.5 Å². The van der Waals surface area contributed by atoms with E-state index in [1.165, 1.54) is 11.5 Å². The van der Waals surface area contributed by atoms with E-state index in [0.717, 1.165) is 43.3 Å². The Hall–Kier alpha value is -2.15. The number of para-hydroxylation sites is 1. The number of nitrogens with one attached hydrogen (secondary N) is 1. The van der Waals surface area contributed by atoms with Gasteiger partial charge in [0, 0.05) is 43.9 Å². The molecule has 2 aliphatic heterocycles. The lowest BCUT2D eigenvalue weighted by Gasteiger charge is -2.40. The number of nitrogens with zero attached hydrogens (tertiary/aromatic N) is 3. The van der Waals surface area contributed by atoms with Crippen LogP contribution in [-0.4, -0.2) is 40.5 Å². The summed E-state index contributed by atoms with van der Waals surface area (Å²) in [6, 6.07) is 7.47. The number of fused-ring (bicyclic) bond motifs is 1. The number of amides is 1. The van der Waals surface area contributed by atoms with Gasteiger partial charge in [0.05, 0.1) is 12.1 Å². The van der Waals surface area contributed by atoms with E-state index in [4.69, 9.17) is 4.74 Å². The lowest BCUT2D eigenvalue weighted by molar-refractivity contribution is 0.0473. The summed E-state index contributed by atoms with van der Waals surface area (Å²) in [5.74, 6) is 1.54. The van der Waals surface area contributed by atoms with E-state index < -0.39 is 0 Å². The molecule has 4 rings (SSSR count). The first-order valence-corrected chi connectivity index (χ1v) is 9.10. The predicted molar refractivity (Wildman–Crippen MR) is 92.9 cm³/mol. The Bertz CT molecular complexity index is 753. The Kier molecular flexibility index (Phi) is 3.88. The van der Waals surface area contributed by atoms with E-state index in [-0.39, 0.29) is 11.5 Å². The lowest BCUT2D eigenvalue weighted by Crippen LogP contribution is -2.53. The molecular formula is C17H20N4O2S. The fraction of sp³-hybridized carbons (Fsp3) is 0.471. The van der Waals surface area contributed by atoms with Gasteiger partial charge < -0.3 is 15.0 Å². The van der Waals surface area contributed by atoms with Gasteiger partial charge in [0.25, 0.3) is 5.91 Å². The molecule has 1 fully saturated rings. The Morgan fingerprint density at radius 3 is 2.88 bits per heavy atom. The monoisotopic (exact) mass is 344 g/mol. The quantitative estimate of drug-likeness (QED) is 0.905. The Morgan fingerprint density at radius 1 is 1.33 bits per heavy atom. The second-order valence-corrected chi connectivity index (χ2v) is 7.03. The number of carbonyl (C=O) groups excluding carboxylic acids is 1. The summed E-state index contributed by atoms with van der Waals surface area (Å²) in [4.78, 5) is 19.1. The normalized spacial score (nSPS) is 19.4. The number of rotatable bonds is 2. The molecule has 1 spiro atoms. The van der Waals surface area contributed by atoms with Crippen molar-refractivity contribution in [3.8, 4) is 5.75 Å². The molecule has 1 aromatic carbocycles. The summed E-state index contributed by atoms with van der Waals surface area (Å²) in [5, 5.41) is 4.01. The fourth-order valence-corrected chi connectivity index (χ4v) is 4.05. The Balaban J connectivity index is 1.51. The standard InChI is InChI=1S/C17H20N4O2S/c1-2-14-19-16(24-20-14)21-9-7-17(8-10-21)11-18-15(22)12-5-3-4-6-13(12)23-17/h3-6H,2,7-11H2,1H3,(H,18,22). The van der Waals surface area contributed by atoms with Crippen LogP contribution in [-0.2, 0) is 6.42 Å². The van der Waals surface area contributed by atoms with Crippen LogP contribution in [0.25, 0.3) is 0 Å². The molecule has 3 heterocycles. The number of benzene rings is 1. The highest BCUT2D eigenvalue weighted by Crippen LogP contribution is 2.34. The molecular weight excluding hydrogens is 324 g/mol. The second-order valence-electron chi connectivity index (χ2n) is 6.30. The molecule has 0 unspecified atom stereocenters. The van der Waals surface area contributed by atoms with Crippen molar-refractivity contribution in [2.24, 2.45) is 0 Å². The summed E-state index contributed by atoms with van der Waals surface area (Å²) in [7, 11) is 0. The highest BCUT2D eigenvalue weighted by atomic mass is 32.1. The van der Waals surface area contributed by atoms with Gasteiger partial charge in [-0.05, 0) is 12.1 Å². The van der Waals surface area contributed by atoms with Crippen molar-refractivity contribution in [1.82, 2.24) is 14.7 Å². The molecule has 2 aromatic rings. The number of aryl methyl sites for hydroxylation is 1. The maximum Gasteiger partial charge on any atom is 0.255 e. The molecule has 0 bridgehead atoms. The van der Waals surface area contributed by atoms with Gasteiger partial charge in [-0.25, -0.2) is 4.98 Å². The summed E-state index contributed by atoms with van der Waals surface area (Å²) in [5.41, 5.74) is 0.283. The maximum atomic E-state index is 12.2. The molecule has 24 heavy (non-hydrogen) atoms. The average molecular weight is 344 g/mol. The molecule has 7 heteroatoms. The summed E-state index contributed by atoms with van der Waals surface area (Å²) < 4.78 is 10.7. The smallest absolute Gasteiger partial charge is 0.255 e. The van der Waals surface area contributed by atoms with Gasteiger partial charge in [-0.15, -0.1) is 0 Å². The van der Waals surface area contributed by atoms with Crippen molar-refractivity contribution in [3.63, 3.8) is 0 Å². The van der Waals surface area contributed by atoms with Crippen molar-refractivity contribution in [2.45, 2.75) is 31.8 Å². The van der Waals surface area contributed by atoms with Gasteiger partial charge >= 0.3 is 0 Å². The number of aromatic nitrogens is 2. The van der Waals surface area contributed by atoms with Gasteiger partial charge in [0.1, 0.15) is 17.2 Å². The van der Waals surface area contributed by atoms with E-state index in [2.05, 4.69) is 26.5 Å². The summed E-state index contributed by atoms with van der Waals surface area (Å²) >= 11 is 1.46. The molecule has 0 saturated carbocycles. The van der Waals surface area contributed by atoms with E-state index in [0.29, 0.717) is 17.9 Å². The molecule has 2 aliphatic rings. The minimum Gasteiger partial charge on any atom is -0.484 e. The molecule has 0 atom stereocenters. The number of piperidine rings is 1. The number of anilines is 1. The first kappa shape index (κ1) is 15.4. The zero-order chi connectivity index (χ0) is 16.6. The predicted octanol–water partition coefficient (Wildman–Crippen LogP) is 2.26. The number of ether oxygens (including phenoxy) is 1. The first-order chi connectivity index (χ1) is 11.7. The molecule has 126 valence electrons. The molecule has 0 radical (unpaired) electrons. The number of hydrogen-bond acceptors (Lipinski definition) is 6. The van der Waals surface area contributed by atoms with Crippen LogP contribution in [0, 0.1) is 0 Å². The largest absolute Gasteiger partial charge is 0.484 e. The highest BCUT2D eigenvalue weighted by Gasteiger charge is 2.40. The third kappa shape index (κ3) is 2.73. The van der Waals surface area contributed by atoms with Crippen LogP contribution in [0.1, 0.15) is 35.9 Å². The van der Waals surface area contributed by atoms with E-state index in [9.17, 15) is 4.79 Å². The first-order valence-electron chi connectivity index (χ1n) is 8.33. The summed E-state index contributed by atoms with van der Waals surface area (Å²) in [6.07, 6.45) is 2.56. The topological polar surface area (TPSA) is 67.4 Å². The molecule has 1 amide bonds. The maximum absolute atomic E-state index is 12.2. The minimum atomic E-state index is -0.336. The zero-order valence-corrected chi connectivity index (χ0v) is 14.4. The van der Waals surface area contributed by atoms with Gasteiger partial charge in [-0.2, -0.15) is 4.37 Å². The van der Waals surface area contributed by atoms with Crippen LogP contribution >= 0.6 is 11.5 Å². The van der Waals surface area contributed by atoms with Crippen molar-refractivity contribution >= 4 is 22.6 Å². The Labute approximate surface area is 145 Å². The fourth-order valence-electron chi connectivity index (χ4n) is 3.25. The SMILES string of the molecule is CCc1nsc(N2CCC3(CC2)CNC(=O)c2ccccc2O3)n1. The van der Waals surface area contributed by atoms with Crippen molar-refractivity contribution in [1.29, 1.82) is 0 Å². The van der Waals surface area contributed by atoms with Crippen LogP contribution in [0.5, 0.6) is 5.75 Å². The average Bonchev–Trinajstić information content (AvgIpc) is 3.05. The minimum absolute atomic E-state index is 0.0541. The molecule has 1 saturated heterocycles. The lowest BCUT2D eigenvalue weighted by atomic mass is 9.91. The molecule has 1 N–H and O–H groups in total. The van der Waals surface area contributed by atoms with Crippen LogP contribution in [0.2, 0.25) is 0 Å². The Morgan fingerprint density at radius 2 is 2.12 bits per heavy atom. The third-order valence-electron chi connectivity index (χ3n) is 4.75. The molecule has 0 aliphatic carbocycles. The number of hydrogen-bond donors (Lipinski definition) is 1. The highest BCUT2D eigenvalue weighted by molar-refractivity contribution is 7.09. The number of carbonyl (C=O) groups is 1. The van der Waals surface area contributed by atoms with Crippen LogP contribution < -0.4 is 15.0 Å². The van der Waals surface area contributed by atoms with Gasteiger partial charge in [0.2, 0.25) is 5.13 Å². The van der Waals surface area contributed by atoms with Crippen molar-refractivity contribution in [3.05, 3.63) is 35.7 Å². The van der Waals surface area contributed by atoms with Crippen LogP contribution in [0.15, 0.2) is 24.3 Å².